The zero-order valence-electron chi connectivity index (χ0n) is 7.97. The first-order valence-electron chi connectivity index (χ1n) is 4.17. The van der Waals surface area contributed by atoms with Gasteiger partial charge >= 0.3 is 0 Å². The molecule has 15 heavy (non-hydrogen) atoms. The smallest absolute Gasteiger partial charge is 0.0238 e. The van der Waals surface area contributed by atoms with Gasteiger partial charge in [0.1, 0.15) is 0 Å². The molecule has 0 atom stereocenters. The van der Waals surface area contributed by atoms with Gasteiger partial charge < -0.3 is 40.0 Å². The second-order valence-electron chi connectivity index (χ2n) is 2.59. The molecule has 0 unspecified atom stereocenters. The fourth-order valence-electron chi connectivity index (χ4n) is 0.843. The van der Waals surface area contributed by atoms with Crippen molar-refractivity contribution in [3.8, 4) is 0 Å². The maximum absolute atomic E-state index is 8.43. The Labute approximate surface area is 100 Å². The van der Waals surface area contributed by atoms with Crippen LogP contribution in [0.15, 0.2) is 24.3 Å². The van der Waals surface area contributed by atoms with E-state index in [0.717, 1.165) is 5.56 Å². The van der Waals surface area contributed by atoms with Crippen LogP contribution in [0.2, 0.25) is 0 Å². The van der Waals surface area contributed by atoms with Crippen LogP contribution in [0.4, 0.5) is 0 Å². The van der Waals surface area contributed by atoms with E-state index in [9.17, 15) is 0 Å². The van der Waals surface area contributed by atoms with E-state index in [1.54, 1.807) is 0 Å². The summed E-state index contributed by atoms with van der Waals surface area (Å²) in [6, 6.07) is 17.8. The van der Waals surface area contributed by atoms with Crippen LogP contribution in [0.3, 0.4) is 0 Å². The van der Waals surface area contributed by atoms with Gasteiger partial charge in [-0.05, 0) is 0 Å². The Hall–Kier alpha value is -0.861. The minimum atomic E-state index is -0.0139. The molecule has 0 spiro atoms. The molecule has 0 saturated heterocycles. The van der Waals surface area contributed by atoms with Gasteiger partial charge in [-0.3, -0.25) is 0 Å². The monoisotopic (exact) mass is 242 g/mol. The van der Waals surface area contributed by atoms with E-state index in [1.165, 1.54) is 0 Å². The van der Waals surface area contributed by atoms with Crippen LogP contribution in [0.5, 0.6) is 0 Å². The van der Waals surface area contributed by atoms with Crippen LogP contribution in [0.25, 0.3) is 0 Å². The predicted octanol–water partition coefficient (Wildman–Crippen LogP) is 0.994. The molecule has 0 aliphatic heterocycles. The molecule has 0 aliphatic rings. The van der Waals surface area contributed by atoms with Crippen molar-refractivity contribution in [3.63, 3.8) is 0 Å². The molecule has 0 fully saturated rings. The molecule has 2 nitrogen and oxygen atoms in total. The average molecular weight is 242 g/mol. The third kappa shape index (κ3) is 5.55. The quantitative estimate of drug-likeness (QED) is 0.609. The van der Waals surface area contributed by atoms with Gasteiger partial charge in [0, 0.05) is 23.7 Å². The van der Waals surface area contributed by atoms with E-state index in [1.807, 2.05) is 24.3 Å². The van der Waals surface area contributed by atoms with E-state index in [4.69, 9.17) is 10.2 Å². The van der Waals surface area contributed by atoms with Gasteiger partial charge in [0.2, 0.25) is 0 Å². The minimum Gasteiger partial charge on any atom is -0.998 e. The molecule has 2 aromatic rings. The molecule has 0 heterocycles. The van der Waals surface area contributed by atoms with Gasteiger partial charge in [0.15, 0.2) is 0 Å². The Balaban J connectivity index is 0.000000245. The molecule has 2 N–H and O–H groups in total. The third-order valence-corrected chi connectivity index (χ3v) is 1.56. The largest absolute Gasteiger partial charge is 0.998 e. The number of hydrogen-bond acceptors (Lipinski definition) is 2. The van der Waals surface area contributed by atoms with Crippen LogP contribution in [-0.4, -0.2) is 10.2 Å². The molecule has 0 aliphatic carbocycles. The van der Waals surface area contributed by atoms with Gasteiger partial charge in [0.25, 0.3) is 0 Å². The Bertz CT molecular complexity index is 277. The van der Waals surface area contributed by atoms with Crippen molar-refractivity contribution in [1.29, 1.82) is 0 Å². The van der Waals surface area contributed by atoms with E-state index in [-0.39, 0.29) is 30.3 Å². The SMILES string of the molecule is OC[c-]1[c-][c-][c-][c-]1.OC[c-]1cccc1.[Fe]. The molecule has 0 saturated carbocycles. The molecular weight excluding hydrogens is 232 g/mol. The number of aliphatic hydroxyl groups excluding tert-OH is 2. The molecule has 2 aromatic carbocycles. The van der Waals surface area contributed by atoms with Crippen molar-refractivity contribution >= 4 is 0 Å². The first-order valence-corrected chi connectivity index (χ1v) is 4.17. The maximum Gasteiger partial charge on any atom is 0.0238 e. The van der Waals surface area contributed by atoms with Gasteiger partial charge in [-0.2, -0.15) is 12.1 Å². The molecule has 0 bridgehead atoms. The average Bonchev–Trinajstić information content (AvgIpc) is 2.92. The van der Waals surface area contributed by atoms with E-state index < -0.39 is 0 Å². The molecular formula is C12H10FeO2-6. The van der Waals surface area contributed by atoms with Crippen molar-refractivity contribution in [2.45, 2.75) is 13.2 Å². The van der Waals surface area contributed by atoms with Crippen LogP contribution >= 0.6 is 0 Å². The van der Waals surface area contributed by atoms with Crippen molar-refractivity contribution in [3.05, 3.63) is 59.7 Å². The molecule has 2 rings (SSSR count). The van der Waals surface area contributed by atoms with E-state index in [2.05, 4.69) is 24.3 Å². The molecule has 0 radical (unpaired) electrons. The summed E-state index contributed by atoms with van der Waals surface area (Å²) in [5.41, 5.74) is 1.61. The number of aliphatic hydroxyl groups is 2. The van der Waals surface area contributed by atoms with Crippen molar-refractivity contribution in [1.82, 2.24) is 0 Å². The predicted molar refractivity (Wildman–Crippen MR) is 51.3 cm³/mol. The van der Waals surface area contributed by atoms with Gasteiger partial charge in [-0.15, -0.1) is 12.2 Å². The third-order valence-electron chi connectivity index (χ3n) is 1.56. The Kier molecular flexibility index (Phi) is 7.96. The van der Waals surface area contributed by atoms with Gasteiger partial charge in [0.05, 0.1) is 0 Å². The maximum atomic E-state index is 8.43. The summed E-state index contributed by atoms with van der Waals surface area (Å²) in [5.74, 6) is 0. The summed E-state index contributed by atoms with van der Waals surface area (Å²) in [4.78, 5) is 0. The summed E-state index contributed by atoms with van der Waals surface area (Å²) in [6.45, 7) is 0.146. The Morgan fingerprint density at radius 1 is 0.933 bits per heavy atom. The Morgan fingerprint density at radius 3 is 1.73 bits per heavy atom. The van der Waals surface area contributed by atoms with Crippen molar-refractivity contribution in [2.75, 3.05) is 0 Å². The zero-order valence-corrected chi connectivity index (χ0v) is 9.08. The zero-order chi connectivity index (χ0) is 10.2. The summed E-state index contributed by atoms with van der Waals surface area (Å²) >= 11 is 0. The van der Waals surface area contributed by atoms with Crippen LogP contribution < -0.4 is 0 Å². The Morgan fingerprint density at radius 2 is 1.47 bits per heavy atom. The van der Waals surface area contributed by atoms with E-state index >= 15 is 0 Å². The summed E-state index contributed by atoms with van der Waals surface area (Å²) in [6.07, 6.45) is 0. The topological polar surface area (TPSA) is 40.5 Å². The fraction of sp³-hybridized carbons (Fsp3) is 0.167. The standard InChI is InChI=1S/C6H7O.C6H3O.Fe/c2*7-5-6-3-1-2-4-6;/h1-4,7H,5H2;7H,5H2;/q-1;-5;. The summed E-state index contributed by atoms with van der Waals surface area (Å²) in [5, 5.41) is 16.8. The molecule has 3 heteroatoms. The van der Waals surface area contributed by atoms with Crippen LogP contribution in [0, 0.1) is 24.3 Å². The number of rotatable bonds is 2. The van der Waals surface area contributed by atoms with Crippen molar-refractivity contribution < 1.29 is 27.3 Å². The summed E-state index contributed by atoms with van der Waals surface area (Å²) < 4.78 is 0. The van der Waals surface area contributed by atoms with Gasteiger partial charge in [-0.25, -0.2) is 12.1 Å². The molecule has 0 aromatic heterocycles. The summed E-state index contributed by atoms with van der Waals surface area (Å²) in [7, 11) is 0. The van der Waals surface area contributed by atoms with Gasteiger partial charge in [-0.1, -0.05) is 0 Å². The van der Waals surface area contributed by atoms with Crippen LogP contribution in [0.1, 0.15) is 11.1 Å². The number of hydrogen-bond donors (Lipinski definition) is 2. The van der Waals surface area contributed by atoms with Crippen molar-refractivity contribution in [2.24, 2.45) is 0 Å². The molecule has 0 amide bonds. The minimum absolute atomic E-state index is 0. The first-order chi connectivity index (χ1) is 6.86. The van der Waals surface area contributed by atoms with E-state index in [0.29, 0.717) is 5.56 Å². The fourth-order valence-corrected chi connectivity index (χ4v) is 0.843. The second kappa shape index (κ2) is 8.45. The normalized spacial score (nSPS) is 8.67. The second-order valence-corrected chi connectivity index (χ2v) is 2.59. The van der Waals surface area contributed by atoms with Crippen LogP contribution in [-0.2, 0) is 30.3 Å². The molecule has 84 valence electrons. The first kappa shape index (κ1) is 14.1.